The number of nitrogens with zero attached hydrogens (tertiary/aromatic N) is 4. The number of aliphatic hydroxyl groups excluding tert-OH is 1. The molecule has 1 N–H and O–H groups in total. The van der Waals surface area contributed by atoms with E-state index in [1.165, 1.54) is 17.9 Å². The maximum atomic E-state index is 13.4. The van der Waals surface area contributed by atoms with Gasteiger partial charge in [0, 0.05) is 31.5 Å². The van der Waals surface area contributed by atoms with E-state index in [1.807, 2.05) is 18.2 Å². The van der Waals surface area contributed by atoms with E-state index in [1.54, 1.807) is 42.5 Å². The number of hydrogen-bond acceptors (Lipinski definition) is 6. The summed E-state index contributed by atoms with van der Waals surface area (Å²) in [6.07, 6.45) is 1.33. The lowest BCUT2D eigenvalue weighted by molar-refractivity contribution is -0.140. The minimum absolute atomic E-state index is 0.0249. The molecule has 0 radical (unpaired) electrons. The number of aryl methyl sites for hydroxylation is 1. The van der Waals surface area contributed by atoms with Gasteiger partial charge in [-0.05, 0) is 43.5 Å². The third-order valence-electron chi connectivity index (χ3n) is 5.42. The number of benzene rings is 2. The second-order valence-corrected chi connectivity index (χ2v) is 9.56. The van der Waals surface area contributed by atoms with E-state index in [4.69, 9.17) is 5.39 Å². The summed E-state index contributed by atoms with van der Waals surface area (Å²) in [7, 11) is -2.58. The second-order valence-electron chi connectivity index (χ2n) is 7.78. The number of hydrogen-bond donors (Lipinski definition) is 1. The van der Waals surface area contributed by atoms with Crippen molar-refractivity contribution in [1.82, 2.24) is 8.87 Å². The van der Waals surface area contributed by atoms with Crippen molar-refractivity contribution in [1.29, 1.82) is 5.39 Å². The Bertz CT molecular complexity index is 1400. The summed E-state index contributed by atoms with van der Waals surface area (Å²) in [5.74, 6) is -1.92. The van der Waals surface area contributed by atoms with Crippen molar-refractivity contribution < 1.29 is 23.1 Å². The van der Waals surface area contributed by atoms with E-state index in [-0.39, 0.29) is 11.3 Å². The average molecular weight is 482 g/mol. The lowest BCUT2D eigenvalue weighted by Gasteiger charge is -2.13. The van der Waals surface area contributed by atoms with Gasteiger partial charge < -0.3 is 5.11 Å². The Morgan fingerprint density at radius 3 is 2.35 bits per heavy atom. The molecule has 0 saturated heterocycles. The van der Waals surface area contributed by atoms with Crippen LogP contribution in [0.4, 0.5) is 0 Å². The normalized spacial score (nSPS) is 12.1. The number of para-hydroxylation sites is 1. The number of imide groups is 1. The number of carbonyl (C=O) groups is 2. The van der Waals surface area contributed by atoms with Crippen molar-refractivity contribution in [2.45, 2.75) is 37.5 Å². The topological polar surface area (TPSA) is 125 Å². The molecule has 0 bridgehead atoms. The first-order valence-corrected chi connectivity index (χ1v) is 12.1. The number of unbranched alkanes of at least 4 members (excludes halogenated alkanes) is 1. The highest BCUT2D eigenvalue weighted by Gasteiger charge is 2.33. The molecule has 0 aliphatic rings. The number of diazo groups is 1. The Hall–Kier alpha value is -3.97. The Morgan fingerprint density at radius 2 is 1.71 bits per heavy atom. The lowest BCUT2D eigenvalue weighted by atomic mass is 10.1. The molecule has 176 valence electrons. The fraction of sp³-hybridized carbons (Fsp3) is 0.250. The number of fused-ring (bicyclic) bond motifs is 1. The van der Waals surface area contributed by atoms with Crippen LogP contribution in [0.15, 0.2) is 77.0 Å². The summed E-state index contributed by atoms with van der Waals surface area (Å²) in [5, 5.41) is 19.1. The lowest BCUT2D eigenvalue weighted by Crippen LogP contribution is -2.33. The van der Waals surface area contributed by atoms with Crippen LogP contribution in [0, 0.1) is 5.39 Å². The van der Waals surface area contributed by atoms with E-state index in [0.29, 0.717) is 30.5 Å². The molecule has 3 aromatic rings. The van der Waals surface area contributed by atoms with Gasteiger partial charge in [0.15, 0.2) is 10.7 Å². The molecule has 1 aromatic heterocycles. The van der Waals surface area contributed by atoms with Gasteiger partial charge in [-0.15, -0.1) is 0 Å². The van der Waals surface area contributed by atoms with Crippen LogP contribution < -0.4 is 0 Å². The molecule has 3 rings (SSSR count). The molecule has 0 spiro atoms. The highest BCUT2D eigenvalue weighted by Crippen LogP contribution is 2.27. The predicted molar refractivity (Wildman–Crippen MR) is 127 cm³/mol. The van der Waals surface area contributed by atoms with Crippen LogP contribution in [-0.4, -0.2) is 41.3 Å². The molecule has 9 nitrogen and oxygen atoms in total. The largest absolute Gasteiger partial charge is 0.505 e. The van der Waals surface area contributed by atoms with Crippen molar-refractivity contribution in [3.05, 3.63) is 82.8 Å². The number of aromatic nitrogens is 1. The van der Waals surface area contributed by atoms with Crippen LogP contribution in [0.3, 0.4) is 0 Å². The highest BCUT2D eigenvalue weighted by molar-refractivity contribution is 7.90. The van der Waals surface area contributed by atoms with Gasteiger partial charge in [0.1, 0.15) is 0 Å². The Labute approximate surface area is 197 Å². The first kappa shape index (κ1) is 24.7. The molecular formula is C24H25N4O5S+. The average Bonchev–Trinajstić information content (AvgIpc) is 3.21. The molecule has 2 aromatic carbocycles. The van der Waals surface area contributed by atoms with Gasteiger partial charge in [0.25, 0.3) is 10.0 Å². The quantitative estimate of drug-likeness (QED) is 0.222. The number of rotatable bonds is 8. The zero-order chi connectivity index (χ0) is 24.9. The van der Waals surface area contributed by atoms with Crippen LogP contribution in [-0.2, 0) is 26.0 Å². The summed E-state index contributed by atoms with van der Waals surface area (Å²) >= 11 is 0. The molecule has 0 aliphatic carbocycles. The minimum Gasteiger partial charge on any atom is -0.505 e. The number of aliphatic hydroxyl groups is 1. The molecule has 2 amide bonds. The first-order chi connectivity index (χ1) is 16.2. The van der Waals surface area contributed by atoms with Gasteiger partial charge in [-0.25, -0.2) is 12.4 Å². The molecule has 0 fully saturated rings. The van der Waals surface area contributed by atoms with E-state index < -0.39 is 33.3 Å². The third kappa shape index (κ3) is 5.00. The van der Waals surface area contributed by atoms with Crippen molar-refractivity contribution >= 4 is 32.7 Å². The zero-order valence-electron chi connectivity index (χ0n) is 18.9. The van der Waals surface area contributed by atoms with E-state index >= 15 is 0 Å². The SMILES string of the molecule is C/C(O)=C(\[N+]#N)C(=O)N(C)C(=O)CCCCc1cc2ccccc2n1S(=O)(=O)c1ccccc1. The summed E-state index contributed by atoms with van der Waals surface area (Å²) in [6, 6.07) is 17.2. The predicted octanol–water partition coefficient (Wildman–Crippen LogP) is 4.22. The van der Waals surface area contributed by atoms with Gasteiger partial charge in [0.05, 0.1) is 10.4 Å². The zero-order valence-corrected chi connectivity index (χ0v) is 19.7. The van der Waals surface area contributed by atoms with Crippen LogP contribution in [0.1, 0.15) is 31.9 Å². The van der Waals surface area contributed by atoms with Gasteiger partial charge in [-0.1, -0.05) is 36.4 Å². The summed E-state index contributed by atoms with van der Waals surface area (Å²) < 4.78 is 28.1. The maximum absolute atomic E-state index is 13.4. The number of likely N-dealkylation sites (N-methyl/N-ethyl adjacent to an activating group) is 1. The van der Waals surface area contributed by atoms with E-state index in [0.717, 1.165) is 10.3 Å². The summed E-state index contributed by atoms with van der Waals surface area (Å²) in [6.45, 7) is 1.17. The molecule has 0 atom stereocenters. The Balaban J connectivity index is 1.75. The molecule has 34 heavy (non-hydrogen) atoms. The van der Waals surface area contributed by atoms with Crippen LogP contribution in [0.2, 0.25) is 0 Å². The molecule has 0 unspecified atom stereocenters. The Morgan fingerprint density at radius 1 is 1.06 bits per heavy atom. The van der Waals surface area contributed by atoms with E-state index in [9.17, 15) is 23.1 Å². The minimum atomic E-state index is -3.82. The summed E-state index contributed by atoms with van der Waals surface area (Å²) in [4.78, 5) is 28.2. The molecular weight excluding hydrogens is 456 g/mol. The molecule has 10 heteroatoms. The Kier molecular flexibility index (Phi) is 7.48. The number of carbonyl (C=O) groups excluding carboxylic acids is 2. The van der Waals surface area contributed by atoms with Crippen molar-refractivity contribution in [2.24, 2.45) is 0 Å². The number of allylic oxidation sites excluding steroid dienone is 1. The van der Waals surface area contributed by atoms with Crippen LogP contribution in [0.5, 0.6) is 0 Å². The third-order valence-corrected chi connectivity index (χ3v) is 7.20. The highest BCUT2D eigenvalue weighted by atomic mass is 32.2. The first-order valence-electron chi connectivity index (χ1n) is 10.6. The standard InChI is InChI=1S/C24H24N4O5S/c1-17(29)23(26-25)24(31)27(2)22(30)15-9-7-11-19-16-18-10-6-8-14-21(18)28(19)34(32,33)20-12-4-3-5-13-20/h3-6,8,10,12-14,16H,7,9,11,15H2,1-2H3/p+1. The summed E-state index contributed by atoms with van der Waals surface area (Å²) in [5.41, 5.74) is 0.572. The van der Waals surface area contributed by atoms with Crippen molar-refractivity contribution in [2.75, 3.05) is 7.05 Å². The van der Waals surface area contributed by atoms with E-state index in [2.05, 4.69) is 4.98 Å². The van der Waals surface area contributed by atoms with Gasteiger partial charge in [0.2, 0.25) is 11.3 Å². The fourth-order valence-corrected chi connectivity index (χ4v) is 5.22. The molecule has 1 heterocycles. The monoisotopic (exact) mass is 481 g/mol. The molecule has 0 aliphatic heterocycles. The van der Waals surface area contributed by atoms with Crippen molar-refractivity contribution in [3.63, 3.8) is 0 Å². The van der Waals surface area contributed by atoms with Gasteiger partial charge in [-0.3, -0.25) is 14.5 Å². The van der Waals surface area contributed by atoms with Gasteiger partial charge >= 0.3 is 11.6 Å². The van der Waals surface area contributed by atoms with Gasteiger partial charge in [-0.2, -0.15) is 0 Å². The smallest absolute Gasteiger partial charge is 0.485 e. The van der Waals surface area contributed by atoms with Crippen LogP contribution in [0.25, 0.3) is 15.9 Å². The van der Waals surface area contributed by atoms with Crippen LogP contribution >= 0.6 is 0 Å². The van der Waals surface area contributed by atoms with Crippen molar-refractivity contribution in [3.8, 4) is 0 Å². The second kappa shape index (κ2) is 10.3. The fourth-order valence-electron chi connectivity index (χ4n) is 3.63. The molecule has 0 saturated carbocycles. The maximum Gasteiger partial charge on any atom is 0.485 e. The number of amides is 2.